The van der Waals surface area contributed by atoms with Crippen LogP contribution in [0.1, 0.15) is 46.0 Å². The Morgan fingerprint density at radius 2 is 2.17 bits per heavy atom. The lowest BCUT2D eigenvalue weighted by Gasteiger charge is -2.24. The molecule has 5 heteroatoms. The fourth-order valence-corrected chi connectivity index (χ4v) is 3.23. The van der Waals surface area contributed by atoms with E-state index < -0.39 is 9.84 Å². The molecule has 0 radical (unpaired) electrons. The van der Waals surface area contributed by atoms with Crippen LogP contribution >= 0.6 is 0 Å². The summed E-state index contributed by atoms with van der Waals surface area (Å²) in [7, 11) is -2.83. The Labute approximate surface area is 111 Å². The second-order valence-electron chi connectivity index (χ2n) is 4.99. The van der Waals surface area contributed by atoms with Gasteiger partial charge in [-0.2, -0.15) is 0 Å². The van der Waals surface area contributed by atoms with Crippen LogP contribution in [0.4, 0.5) is 0 Å². The highest BCUT2D eigenvalue weighted by molar-refractivity contribution is 7.91. The molecule has 0 bridgehead atoms. The molecule has 2 unspecified atom stereocenters. The van der Waals surface area contributed by atoms with Gasteiger partial charge in [0, 0.05) is 18.4 Å². The molecule has 0 aromatic rings. The quantitative estimate of drug-likeness (QED) is 0.697. The van der Waals surface area contributed by atoms with Crippen LogP contribution in [0.5, 0.6) is 0 Å². The van der Waals surface area contributed by atoms with Crippen LogP contribution in [0.3, 0.4) is 0 Å². The molecule has 1 saturated heterocycles. The first-order valence-corrected chi connectivity index (χ1v) is 8.96. The Balaban J connectivity index is 2.36. The second-order valence-corrected chi connectivity index (χ2v) is 7.46. The summed E-state index contributed by atoms with van der Waals surface area (Å²) in [5, 5.41) is 3.50. The monoisotopic (exact) mass is 277 g/mol. The maximum atomic E-state index is 11.5. The summed E-state index contributed by atoms with van der Waals surface area (Å²) in [4.78, 5) is 0. The maximum Gasteiger partial charge on any atom is 0.150 e. The maximum absolute atomic E-state index is 11.5. The molecular formula is C13H27NO3S. The van der Waals surface area contributed by atoms with E-state index in [1.54, 1.807) is 6.92 Å². The third kappa shape index (κ3) is 5.67. The van der Waals surface area contributed by atoms with E-state index in [0.717, 1.165) is 45.3 Å². The molecule has 4 nitrogen and oxygen atoms in total. The van der Waals surface area contributed by atoms with E-state index in [4.69, 9.17) is 4.74 Å². The smallest absolute Gasteiger partial charge is 0.150 e. The highest BCUT2D eigenvalue weighted by Gasteiger charge is 2.25. The zero-order chi connectivity index (χ0) is 13.4. The van der Waals surface area contributed by atoms with Gasteiger partial charge in [0.15, 0.2) is 0 Å². The van der Waals surface area contributed by atoms with Gasteiger partial charge in [-0.15, -0.1) is 0 Å². The van der Waals surface area contributed by atoms with Crippen molar-refractivity contribution in [1.82, 2.24) is 5.32 Å². The van der Waals surface area contributed by atoms with Gasteiger partial charge in [-0.1, -0.05) is 13.8 Å². The third-order valence-corrected chi connectivity index (χ3v) is 5.27. The number of hydrogen-bond acceptors (Lipinski definition) is 4. The van der Waals surface area contributed by atoms with Crippen molar-refractivity contribution in [3.8, 4) is 0 Å². The van der Waals surface area contributed by atoms with Crippen molar-refractivity contribution in [1.29, 1.82) is 0 Å². The van der Waals surface area contributed by atoms with Gasteiger partial charge in [-0.25, -0.2) is 8.42 Å². The largest absolute Gasteiger partial charge is 0.377 e. The second kappa shape index (κ2) is 8.12. The lowest BCUT2D eigenvalue weighted by atomic mass is 10.0. The van der Waals surface area contributed by atoms with Gasteiger partial charge in [-0.3, -0.25) is 0 Å². The van der Waals surface area contributed by atoms with Crippen molar-refractivity contribution in [2.45, 2.75) is 58.1 Å². The number of nitrogens with one attached hydrogen (secondary N) is 1. The summed E-state index contributed by atoms with van der Waals surface area (Å²) >= 11 is 0. The number of rotatable bonds is 9. The van der Waals surface area contributed by atoms with E-state index in [9.17, 15) is 8.42 Å². The van der Waals surface area contributed by atoms with E-state index in [1.807, 2.05) is 0 Å². The van der Waals surface area contributed by atoms with E-state index in [0.29, 0.717) is 11.8 Å². The van der Waals surface area contributed by atoms with Crippen LogP contribution in [0.15, 0.2) is 0 Å². The molecule has 0 aromatic carbocycles. The Morgan fingerprint density at radius 1 is 1.39 bits per heavy atom. The van der Waals surface area contributed by atoms with E-state index in [-0.39, 0.29) is 11.9 Å². The molecule has 18 heavy (non-hydrogen) atoms. The minimum atomic E-state index is -2.83. The van der Waals surface area contributed by atoms with Crippen molar-refractivity contribution in [2.24, 2.45) is 0 Å². The molecule has 2 atom stereocenters. The van der Waals surface area contributed by atoms with Crippen LogP contribution in [-0.4, -0.2) is 45.2 Å². The highest BCUT2D eigenvalue weighted by Crippen LogP contribution is 2.19. The van der Waals surface area contributed by atoms with Gasteiger partial charge >= 0.3 is 0 Å². The van der Waals surface area contributed by atoms with Gasteiger partial charge in [0.25, 0.3) is 0 Å². The predicted molar refractivity (Wildman–Crippen MR) is 74.6 cm³/mol. The van der Waals surface area contributed by atoms with E-state index >= 15 is 0 Å². The van der Waals surface area contributed by atoms with Crippen LogP contribution in [-0.2, 0) is 14.6 Å². The number of ether oxygens (including phenoxy) is 1. The molecule has 108 valence electrons. The fraction of sp³-hybridized carbons (Fsp3) is 1.00. The molecular weight excluding hydrogens is 250 g/mol. The Morgan fingerprint density at radius 3 is 2.72 bits per heavy atom. The summed E-state index contributed by atoms with van der Waals surface area (Å²) in [6, 6.07) is 0.319. The first kappa shape index (κ1) is 15.9. The Kier molecular flexibility index (Phi) is 7.19. The van der Waals surface area contributed by atoms with E-state index in [1.165, 1.54) is 0 Å². The highest BCUT2D eigenvalue weighted by atomic mass is 32.2. The van der Waals surface area contributed by atoms with Crippen molar-refractivity contribution in [3.05, 3.63) is 0 Å². The molecule has 1 aliphatic rings. The average molecular weight is 277 g/mol. The van der Waals surface area contributed by atoms with Gasteiger partial charge < -0.3 is 10.1 Å². The van der Waals surface area contributed by atoms with Crippen LogP contribution < -0.4 is 5.32 Å². The van der Waals surface area contributed by atoms with Gasteiger partial charge in [0.1, 0.15) is 9.84 Å². The molecule has 1 aliphatic heterocycles. The first-order valence-electron chi connectivity index (χ1n) is 7.14. The topological polar surface area (TPSA) is 55.4 Å². The van der Waals surface area contributed by atoms with Crippen molar-refractivity contribution in [3.63, 3.8) is 0 Å². The molecule has 1 N–H and O–H groups in total. The Bertz CT molecular complexity index is 310. The summed E-state index contributed by atoms with van der Waals surface area (Å²) in [5.41, 5.74) is 0. The SMILES string of the molecule is CCCNC(CCCS(=O)(=O)CC)C1CCCO1. The zero-order valence-corrected chi connectivity index (χ0v) is 12.5. The standard InChI is InChI=1S/C13H27NO3S/c1-3-9-14-12(13-8-5-10-17-13)7-6-11-18(15,16)4-2/h12-14H,3-11H2,1-2H3. The zero-order valence-electron chi connectivity index (χ0n) is 11.7. The first-order chi connectivity index (χ1) is 8.59. The van der Waals surface area contributed by atoms with Gasteiger partial charge in [-0.05, 0) is 38.6 Å². The normalized spacial score (nSPS) is 22.2. The van der Waals surface area contributed by atoms with Crippen molar-refractivity contribution in [2.75, 3.05) is 24.7 Å². The minimum absolute atomic E-state index is 0.250. The summed E-state index contributed by atoms with van der Waals surface area (Å²) in [6.07, 6.45) is 5.22. The lowest BCUT2D eigenvalue weighted by molar-refractivity contribution is 0.0754. The van der Waals surface area contributed by atoms with Crippen LogP contribution in [0.2, 0.25) is 0 Å². The number of sulfone groups is 1. The van der Waals surface area contributed by atoms with Gasteiger partial charge in [0.2, 0.25) is 0 Å². The number of hydrogen-bond donors (Lipinski definition) is 1. The minimum Gasteiger partial charge on any atom is -0.377 e. The molecule has 1 heterocycles. The molecule has 1 fully saturated rings. The molecule has 0 aliphatic carbocycles. The fourth-order valence-electron chi connectivity index (χ4n) is 2.34. The summed E-state index contributed by atoms with van der Waals surface area (Å²) < 4.78 is 28.6. The van der Waals surface area contributed by atoms with Gasteiger partial charge in [0.05, 0.1) is 11.9 Å². The van der Waals surface area contributed by atoms with Crippen LogP contribution in [0.25, 0.3) is 0 Å². The van der Waals surface area contributed by atoms with Crippen LogP contribution in [0, 0.1) is 0 Å². The van der Waals surface area contributed by atoms with E-state index in [2.05, 4.69) is 12.2 Å². The Hall–Kier alpha value is -0.130. The molecule has 1 rings (SSSR count). The molecule has 0 spiro atoms. The lowest BCUT2D eigenvalue weighted by Crippen LogP contribution is -2.40. The summed E-state index contributed by atoms with van der Waals surface area (Å²) in [5.74, 6) is 0.556. The average Bonchev–Trinajstić information content (AvgIpc) is 2.87. The predicted octanol–water partition coefficient (Wildman–Crippen LogP) is 1.75. The third-order valence-electron chi connectivity index (χ3n) is 3.48. The van der Waals surface area contributed by atoms with Crippen molar-refractivity contribution >= 4 is 9.84 Å². The molecule has 0 aromatic heterocycles. The van der Waals surface area contributed by atoms with Crippen molar-refractivity contribution < 1.29 is 13.2 Å². The molecule has 0 amide bonds. The molecule has 0 saturated carbocycles. The summed E-state index contributed by atoms with van der Waals surface area (Å²) in [6.45, 7) is 5.68.